The predicted molar refractivity (Wildman–Crippen MR) is 143 cm³/mol. The van der Waals surface area contributed by atoms with Crippen LogP contribution in [0, 0.1) is 0 Å². The van der Waals surface area contributed by atoms with Gasteiger partial charge in [0.1, 0.15) is 0 Å². The number of hydrogen-bond acceptors (Lipinski definition) is 2. The SMILES string of the molecule is c1cnc2cc(-c3c4ccccc4c(-c4ccc5ccccc5n4)c4ccccc34)ccc2c1. The molecule has 0 amide bonds. The number of pyridine rings is 2. The summed E-state index contributed by atoms with van der Waals surface area (Å²) in [5.41, 5.74) is 6.61. The Morgan fingerprint density at radius 3 is 1.79 bits per heavy atom. The van der Waals surface area contributed by atoms with E-state index in [0.29, 0.717) is 0 Å². The molecular weight excluding hydrogens is 412 g/mol. The zero-order valence-electron chi connectivity index (χ0n) is 18.4. The fourth-order valence-corrected chi connectivity index (χ4v) is 5.14. The van der Waals surface area contributed by atoms with Crippen LogP contribution in [-0.2, 0) is 0 Å². The van der Waals surface area contributed by atoms with Crippen LogP contribution in [0.5, 0.6) is 0 Å². The lowest BCUT2D eigenvalue weighted by atomic mass is 9.87. The normalized spacial score (nSPS) is 11.5. The molecular formula is C32H20N2. The first-order valence-corrected chi connectivity index (χ1v) is 11.5. The molecule has 0 unspecified atom stereocenters. The molecule has 2 heteroatoms. The highest BCUT2D eigenvalue weighted by molar-refractivity contribution is 6.21. The van der Waals surface area contributed by atoms with E-state index in [2.05, 4.69) is 108 Å². The number of hydrogen-bond donors (Lipinski definition) is 0. The van der Waals surface area contributed by atoms with Crippen LogP contribution in [0.1, 0.15) is 0 Å². The summed E-state index contributed by atoms with van der Waals surface area (Å²) in [6.45, 7) is 0. The van der Waals surface area contributed by atoms with E-state index < -0.39 is 0 Å². The van der Waals surface area contributed by atoms with Crippen molar-refractivity contribution in [1.29, 1.82) is 0 Å². The molecule has 34 heavy (non-hydrogen) atoms. The summed E-state index contributed by atoms with van der Waals surface area (Å²) in [6, 6.07) is 40.7. The van der Waals surface area contributed by atoms with Gasteiger partial charge in [0, 0.05) is 22.5 Å². The Hall–Kier alpha value is -4.56. The highest BCUT2D eigenvalue weighted by Crippen LogP contribution is 2.43. The monoisotopic (exact) mass is 432 g/mol. The van der Waals surface area contributed by atoms with Gasteiger partial charge in [0.25, 0.3) is 0 Å². The summed E-state index contributed by atoms with van der Waals surface area (Å²) in [7, 11) is 0. The summed E-state index contributed by atoms with van der Waals surface area (Å²) in [5, 5.41) is 7.17. The van der Waals surface area contributed by atoms with Crippen molar-refractivity contribution in [3.05, 3.63) is 121 Å². The molecule has 0 aliphatic heterocycles. The van der Waals surface area contributed by atoms with E-state index >= 15 is 0 Å². The quantitative estimate of drug-likeness (QED) is 0.256. The Balaban J connectivity index is 1.61. The van der Waals surface area contributed by atoms with Crippen LogP contribution in [0.2, 0.25) is 0 Å². The zero-order chi connectivity index (χ0) is 22.5. The maximum atomic E-state index is 5.08. The minimum absolute atomic E-state index is 0.998. The molecule has 0 aliphatic carbocycles. The van der Waals surface area contributed by atoms with Crippen LogP contribution < -0.4 is 0 Å². The molecule has 0 spiro atoms. The summed E-state index contributed by atoms with van der Waals surface area (Å²) >= 11 is 0. The smallest absolute Gasteiger partial charge is 0.0722 e. The second-order valence-electron chi connectivity index (χ2n) is 8.64. The van der Waals surface area contributed by atoms with Gasteiger partial charge >= 0.3 is 0 Å². The van der Waals surface area contributed by atoms with E-state index in [9.17, 15) is 0 Å². The Kier molecular flexibility index (Phi) is 4.18. The van der Waals surface area contributed by atoms with E-state index in [1.54, 1.807) is 0 Å². The highest BCUT2D eigenvalue weighted by Gasteiger charge is 2.17. The van der Waals surface area contributed by atoms with Crippen LogP contribution in [-0.4, -0.2) is 9.97 Å². The van der Waals surface area contributed by atoms with Crippen LogP contribution in [0.15, 0.2) is 121 Å². The van der Waals surface area contributed by atoms with Gasteiger partial charge in [-0.15, -0.1) is 0 Å². The van der Waals surface area contributed by atoms with Gasteiger partial charge in [-0.1, -0.05) is 91.0 Å². The van der Waals surface area contributed by atoms with E-state index in [4.69, 9.17) is 4.98 Å². The standard InChI is InChI=1S/C32H20N2/c1-6-14-28-21(8-1)17-18-29(34-28)32-26-12-4-2-10-24(26)31(25-11-3-5-13-27(25)32)23-16-15-22-9-7-19-33-30(22)20-23/h1-20H. The highest BCUT2D eigenvalue weighted by atomic mass is 14.7. The van der Waals surface area contributed by atoms with E-state index in [0.717, 1.165) is 27.5 Å². The summed E-state index contributed by atoms with van der Waals surface area (Å²) in [6.07, 6.45) is 1.86. The van der Waals surface area contributed by atoms with Crippen LogP contribution in [0.25, 0.3) is 65.7 Å². The second kappa shape index (κ2) is 7.50. The zero-order valence-corrected chi connectivity index (χ0v) is 18.4. The minimum Gasteiger partial charge on any atom is -0.256 e. The van der Waals surface area contributed by atoms with Crippen LogP contribution in [0.3, 0.4) is 0 Å². The number of nitrogens with zero attached hydrogens (tertiary/aromatic N) is 2. The lowest BCUT2D eigenvalue weighted by Crippen LogP contribution is -1.93. The lowest BCUT2D eigenvalue weighted by Gasteiger charge is -2.17. The van der Waals surface area contributed by atoms with Crippen molar-refractivity contribution in [3.63, 3.8) is 0 Å². The third-order valence-electron chi connectivity index (χ3n) is 6.68. The first-order chi connectivity index (χ1) is 16.9. The van der Waals surface area contributed by atoms with E-state index in [1.807, 2.05) is 18.3 Å². The Morgan fingerprint density at radius 2 is 1.03 bits per heavy atom. The average molecular weight is 433 g/mol. The molecule has 7 rings (SSSR count). The molecule has 0 radical (unpaired) electrons. The van der Waals surface area contributed by atoms with Gasteiger partial charge in [-0.3, -0.25) is 4.98 Å². The third kappa shape index (κ3) is 2.89. The Bertz CT molecular complexity index is 1670. The first kappa shape index (κ1) is 19.0. The molecule has 0 bridgehead atoms. The third-order valence-corrected chi connectivity index (χ3v) is 6.68. The fraction of sp³-hybridized carbons (Fsp3) is 0. The van der Waals surface area contributed by atoms with Crippen molar-refractivity contribution in [2.75, 3.05) is 0 Å². The molecule has 0 saturated heterocycles. The van der Waals surface area contributed by atoms with Gasteiger partial charge in [0.2, 0.25) is 0 Å². The summed E-state index contributed by atoms with van der Waals surface area (Å²) < 4.78 is 0. The number of aromatic nitrogens is 2. The first-order valence-electron chi connectivity index (χ1n) is 11.5. The molecule has 0 N–H and O–H groups in total. The van der Waals surface area contributed by atoms with Gasteiger partial charge < -0.3 is 0 Å². The van der Waals surface area contributed by atoms with Crippen molar-refractivity contribution in [2.24, 2.45) is 0 Å². The fourth-order valence-electron chi connectivity index (χ4n) is 5.14. The molecule has 5 aromatic carbocycles. The molecule has 2 nitrogen and oxygen atoms in total. The Morgan fingerprint density at radius 1 is 0.441 bits per heavy atom. The van der Waals surface area contributed by atoms with Gasteiger partial charge in [-0.25, -0.2) is 4.98 Å². The van der Waals surface area contributed by atoms with E-state index in [-0.39, 0.29) is 0 Å². The summed E-state index contributed by atoms with van der Waals surface area (Å²) in [5.74, 6) is 0. The molecule has 0 atom stereocenters. The van der Waals surface area contributed by atoms with Crippen LogP contribution in [0.4, 0.5) is 0 Å². The average Bonchev–Trinajstić information content (AvgIpc) is 2.91. The number of fused-ring (bicyclic) bond motifs is 4. The largest absolute Gasteiger partial charge is 0.256 e. The van der Waals surface area contributed by atoms with Gasteiger partial charge in [0.05, 0.1) is 16.7 Å². The minimum atomic E-state index is 0.998. The molecule has 0 saturated carbocycles. The number of benzene rings is 5. The van der Waals surface area contributed by atoms with Crippen molar-refractivity contribution < 1.29 is 0 Å². The molecule has 158 valence electrons. The maximum Gasteiger partial charge on any atom is 0.0722 e. The predicted octanol–water partition coefficient (Wildman–Crippen LogP) is 8.42. The molecule has 0 fully saturated rings. The van der Waals surface area contributed by atoms with Gasteiger partial charge in [-0.2, -0.15) is 0 Å². The number of para-hydroxylation sites is 1. The maximum absolute atomic E-state index is 5.08. The summed E-state index contributed by atoms with van der Waals surface area (Å²) in [4.78, 5) is 9.69. The van der Waals surface area contributed by atoms with Crippen molar-refractivity contribution in [1.82, 2.24) is 9.97 Å². The van der Waals surface area contributed by atoms with Crippen molar-refractivity contribution in [2.45, 2.75) is 0 Å². The topological polar surface area (TPSA) is 25.8 Å². The molecule has 0 aliphatic rings. The lowest BCUT2D eigenvalue weighted by molar-refractivity contribution is 1.41. The van der Waals surface area contributed by atoms with Gasteiger partial charge in [0.15, 0.2) is 0 Å². The molecule has 7 aromatic rings. The molecule has 2 aromatic heterocycles. The van der Waals surface area contributed by atoms with Crippen LogP contribution >= 0.6 is 0 Å². The molecule has 2 heterocycles. The van der Waals surface area contributed by atoms with E-state index in [1.165, 1.54) is 38.2 Å². The van der Waals surface area contributed by atoms with Crippen molar-refractivity contribution >= 4 is 43.4 Å². The van der Waals surface area contributed by atoms with Gasteiger partial charge in [-0.05, 0) is 56.9 Å². The Labute approximate surface area is 197 Å². The van der Waals surface area contributed by atoms with Crippen molar-refractivity contribution in [3.8, 4) is 22.4 Å². The second-order valence-corrected chi connectivity index (χ2v) is 8.64. The number of rotatable bonds is 2.